The number of hydrogen-bond acceptors (Lipinski definition) is 8. The number of aromatic nitrogens is 4. The number of thiophene rings is 1. The van der Waals surface area contributed by atoms with Crippen LogP contribution in [-0.2, 0) is 5.75 Å². The van der Waals surface area contributed by atoms with E-state index in [4.69, 9.17) is 0 Å². The number of thioether (sulfide) groups is 1. The molecule has 0 spiro atoms. The van der Waals surface area contributed by atoms with Crippen molar-refractivity contribution in [2.45, 2.75) is 10.1 Å². The first-order chi connectivity index (χ1) is 15.5. The number of aromatic amines is 1. The van der Waals surface area contributed by atoms with Crippen molar-refractivity contribution >= 4 is 55.5 Å². The molecule has 0 fully saturated rings. The van der Waals surface area contributed by atoms with Crippen molar-refractivity contribution in [2.75, 3.05) is 5.32 Å². The summed E-state index contributed by atoms with van der Waals surface area (Å²) in [6.07, 6.45) is 0. The van der Waals surface area contributed by atoms with Crippen LogP contribution in [0, 0.1) is 11.6 Å². The average molecular weight is 486 g/mol. The lowest BCUT2D eigenvalue weighted by atomic mass is 10.1. The Kier molecular flexibility index (Phi) is 5.68. The van der Waals surface area contributed by atoms with E-state index in [0.29, 0.717) is 37.0 Å². The van der Waals surface area contributed by atoms with Crippen LogP contribution in [0.15, 0.2) is 63.0 Å². The first-order valence-electron chi connectivity index (χ1n) is 9.30. The standard InChI is InChI=1S/C21H13F2N5OS3/c22-12-3-1-11(2-4-12)15-9-30-19-17(15)18(29)25-16(26-19)10-31-21-28-27-20(32-21)24-14-7-5-13(23)6-8-14/h1-9H,10H2,(H,24,27)(H,25,26,29). The fourth-order valence-corrected chi connectivity index (χ4v) is 5.62. The Morgan fingerprint density at radius 2 is 1.72 bits per heavy atom. The zero-order valence-electron chi connectivity index (χ0n) is 16.1. The van der Waals surface area contributed by atoms with Crippen LogP contribution in [0.1, 0.15) is 5.82 Å². The summed E-state index contributed by atoms with van der Waals surface area (Å²) in [6, 6.07) is 12.0. The highest BCUT2D eigenvalue weighted by atomic mass is 32.2. The van der Waals surface area contributed by atoms with Gasteiger partial charge in [0.05, 0.1) is 11.1 Å². The molecule has 2 N–H and O–H groups in total. The normalized spacial score (nSPS) is 11.2. The van der Waals surface area contributed by atoms with Gasteiger partial charge in [0.1, 0.15) is 22.3 Å². The Morgan fingerprint density at radius 1 is 1.00 bits per heavy atom. The summed E-state index contributed by atoms with van der Waals surface area (Å²) < 4.78 is 26.9. The van der Waals surface area contributed by atoms with E-state index in [-0.39, 0.29) is 17.2 Å². The van der Waals surface area contributed by atoms with Gasteiger partial charge in [-0.3, -0.25) is 4.79 Å². The van der Waals surface area contributed by atoms with E-state index in [1.165, 1.54) is 58.7 Å². The van der Waals surface area contributed by atoms with Crippen LogP contribution in [0.3, 0.4) is 0 Å². The molecule has 0 bridgehead atoms. The van der Waals surface area contributed by atoms with E-state index < -0.39 is 0 Å². The van der Waals surface area contributed by atoms with Crippen molar-refractivity contribution in [3.05, 3.63) is 81.7 Å². The Labute approximate surface area is 192 Å². The summed E-state index contributed by atoms with van der Waals surface area (Å²) in [6.45, 7) is 0. The molecule has 3 aromatic heterocycles. The van der Waals surface area contributed by atoms with Crippen LogP contribution in [0.25, 0.3) is 21.3 Å². The van der Waals surface area contributed by atoms with E-state index in [2.05, 4.69) is 25.5 Å². The lowest BCUT2D eigenvalue weighted by Gasteiger charge is -2.02. The summed E-state index contributed by atoms with van der Waals surface area (Å²) in [4.78, 5) is 20.8. The molecule has 11 heteroatoms. The van der Waals surface area contributed by atoms with Gasteiger partial charge in [0.15, 0.2) is 4.34 Å². The monoisotopic (exact) mass is 485 g/mol. The summed E-state index contributed by atoms with van der Waals surface area (Å²) in [5.74, 6) is 0.314. The minimum atomic E-state index is -0.327. The number of benzene rings is 2. The molecule has 0 unspecified atom stereocenters. The van der Waals surface area contributed by atoms with Gasteiger partial charge < -0.3 is 10.3 Å². The molecule has 2 aromatic carbocycles. The highest BCUT2D eigenvalue weighted by molar-refractivity contribution is 8.00. The minimum Gasteiger partial charge on any atom is -0.330 e. The predicted molar refractivity (Wildman–Crippen MR) is 125 cm³/mol. The molecule has 0 aliphatic heterocycles. The number of anilines is 2. The van der Waals surface area contributed by atoms with Gasteiger partial charge in [0.2, 0.25) is 5.13 Å². The highest BCUT2D eigenvalue weighted by Gasteiger charge is 2.14. The fraction of sp³-hybridized carbons (Fsp3) is 0.0476. The lowest BCUT2D eigenvalue weighted by Crippen LogP contribution is -2.10. The van der Waals surface area contributed by atoms with E-state index in [1.807, 2.05) is 5.38 Å². The molecule has 32 heavy (non-hydrogen) atoms. The van der Waals surface area contributed by atoms with Gasteiger partial charge in [0.25, 0.3) is 5.56 Å². The number of rotatable bonds is 6. The molecule has 0 saturated heterocycles. The topological polar surface area (TPSA) is 83.6 Å². The zero-order chi connectivity index (χ0) is 22.1. The van der Waals surface area contributed by atoms with Crippen LogP contribution in [0.5, 0.6) is 0 Å². The first-order valence-corrected chi connectivity index (χ1v) is 12.0. The molecule has 5 aromatic rings. The largest absolute Gasteiger partial charge is 0.330 e. The van der Waals surface area contributed by atoms with Gasteiger partial charge in [-0.05, 0) is 42.0 Å². The molecule has 0 amide bonds. The van der Waals surface area contributed by atoms with Crippen molar-refractivity contribution in [3.63, 3.8) is 0 Å². The molecule has 0 saturated carbocycles. The smallest absolute Gasteiger partial charge is 0.260 e. The Hall–Kier alpha value is -3.15. The molecule has 6 nitrogen and oxygen atoms in total. The SMILES string of the molecule is O=c1[nH]c(CSc2nnc(Nc3ccc(F)cc3)s2)nc2scc(-c3ccc(F)cc3)c12. The van der Waals surface area contributed by atoms with Crippen molar-refractivity contribution in [1.82, 2.24) is 20.2 Å². The third-order valence-electron chi connectivity index (χ3n) is 4.48. The van der Waals surface area contributed by atoms with Gasteiger partial charge in [0, 0.05) is 16.6 Å². The van der Waals surface area contributed by atoms with Gasteiger partial charge >= 0.3 is 0 Å². The van der Waals surface area contributed by atoms with Gasteiger partial charge in [-0.25, -0.2) is 13.8 Å². The lowest BCUT2D eigenvalue weighted by molar-refractivity contribution is 0.627. The molecule has 0 atom stereocenters. The number of nitrogens with one attached hydrogen (secondary N) is 2. The maximum Gasteiger partial charge on any atom is 0.260 e. The maximum atomic E-state index is 13.2. The first kappa shape index (κ1) is 20.7. The molecular weight excluding hydrogens is 472 g/mol. The molecule has 0 aliphatic carbocycles. The second kappa shape index (κ2) is 8.77. The van der Waals surface area contributed by atoms with Crippen LogP contribution in [0.4, 0.5) is 19.6 Å². The summed E-state index contributed by atoms with van der Waals surface area (Å²) >= 11 is 4.13. The van der Waals surface area contributed by atoms with Gasteiger partial charge in [-0.15, -0.1) is 21.5 Å². The van der Waals surface area contributed by atoms with E-state index in [0.717, 1.165) is 11.1 Å². The van der Waals surface area contributed by atoms with Crippen molar-refractivity contribution in [1.29, 1.82) is 0 Å². The van der Waals surface area contributed by atoms with Crippen molar-refractivity contribution < 1.29 is 8.78 Å². The third kappa shape index (κ3) is 4.40. The van der Waals surface area contributed by atoms with Crippen LogP contribution >= 0.6 is 34.4 Å². The molecular formula is C21H13F2N5OS3. The van der Waals surface area contributed by atoms with Crippen LogP contribution in [-0.4, -0.2) is 20.2 Å². The summed E-state index contributed by atoms with van der Waals surface area (Å²) in [5, 5.41) is 14.2. The number of fused-ring (bicyclic) bond motifs is 1. The van der Waals surface area contributed by atoms with Crippen LogP contribution < -0.4 is 10.9 Å². The molecule has 0 radical (unpaired) electrons. The summed E-state index contributed by atoms with van der Waals surface area (Å²) in [5.41, 5.74) is 1.98. The number of halogens is 2. The Balaban J connectivity index is 1.31. The van der Waals surface area contributed by atoms with Crippen molar-refractivity contribution in [2.24, 2.45) is 0 Å². The Bertz CT molecular complexity index is 1450. The molecule has 5 rings (SSSR count). The number of H-pyrrole nitrogens is 1. The second-order valence-corrected chi connectivity index (χ2v) is 9.70. The van der Waals surface area contributed by atoms with E-state index in [9.17, 15) is 13.6 Å². The zero-order valence-corrected chi connectivity index (χ0v) is 18.6. The minimum absolute atomic E-state index is 0.234. The number of nitrogens with zero attached hydrogens (tertiary/aromatic N) is 3. The third-order valence-corrected chi connectivity index (χ3v) is 7.34. The van der Waals surface area contributed by atoms with E-state index in [1.54, 1.807) is 24.3 Å². The molecule has 0 aliphatic rings. The quantitative estimate of drug-likeness (QED) is 0.295. The predicted octanol–water partition coefficient (Wildman–Crippen LogP) is 5.82. The summed E-state index contributed by atoms with van der Waals surface area (Å²) in [7, 11) is 0. The average Bonchev–Trinajstić information content (AvgIpc) is 3.42. The fourth-order valence-electron chi connectivity index (χ4n) is 3.01. The second-order valence-electron chi connectivity index (χ2n) is 6.64. The highest BCUT2D eigenvalue weighted by Crippen LogP contribution is 2.32. The van der Waals surface area contributed by atoms with Crippen molar-refractivity contribution in [3.8, 4) is 11.1 Å². The van der Waals surface area contributed by atoms with Crippen LogP contribution in [0.2, 0.25) is 0 Å². The van der Waals surface area contributed by atoms with Gasteiger partial charge in [-0.1, -0.05) is 35.2 Å². The van der Waals surface area contributed by atoms with Gasteiger partial charge in [-0.2, -0.15) is 0 Å². The maximum absolute atomic E-state index is 13.2. The Morgan fingerprint density at radius 3 is 2.47 bits per heavy atom. The number of hydrogen-bond donors (Lipinski definition) is 2. The molecule has 3 heterocycles. The van der Waals surface area contributed by atoms with E-state index >= 15 is 0 Å². The molecule has 160 valence electrons.